The number of fused-ring (bicyclic) bond motifs is 1. The fourth-order valence-electron chi connectivity index (χ4n) is 4.43. The molecule has 1 amide bonds. The van der Waals surface area contributed by atoms with Crippen LogP contribution in [-0.4, -0.2) is 51.8 Å². The molecule has 1 aliphatic heterocycles. The molecule has 8 nitrogen and oxygen atoms in total. The van der Waals surface area contributed by atoms with Crippen molar-refractivity contribution < 1.29 is 14.3 Å². The highest BCUT2D eigenvalue weighted by atomic mass is 16.5. The number of hydrogen-bond donors (Lipinski definition) is 0. The van der Waals surface area contributed by atoms with E-state index in [1.807, 2.05) is 77.7 Å². The molecule has 0 saturated carbocycles. The first kappa shape index (κ1) is 21.6. The molecule has 1 atom stereocenters. The Bertz CT molecular complexity index is 1290. The maximum Gasteiger partial charge on any atom is 0.247 e. The molecule has 1 aromatic heterocycles. The van der Waals surface area contributed by atoms with E-state index >= 15 is 0 Å². The molecule has 4 aromatic rings. The number of carbonyl (C=O) groups excluding carboxylic acids is 1. The number of amides is 1. The zero-order chi connectivity index (χ0) is 23.5. The smallest absolute Gasteiger partial charge is 0.247 e. The Balaban J connectivity index is 1.47. The zero-order valence-corrected chi connectivity index (χ0v) is 19.1. The Morgan fingerprint density at radius 2 is 1.65 bits per heavy atom. The molecule has 0 saturated heterocycles. The lowest BCUT2D eigenvalue weighted by molar-refractivity contribution is -0.134. The third-order valence-electron chi connectivity index (χ3n) is 6.07. The van der Waals surface area contributed by atoms with E-state index in [1.165, 1.54) is 4.80 Å². The Morgan fingerprint density at radius 1 is 0.971 bits per heavy atom. The number of rotatable bonds is 6. The minimum Gasteiger partial charge on any atom is -0.493 e. The van der Waals surface area contributed by atoms with Gasteiger partial charge in [0.05, 0.1) is 20.3 Å². The van der Waals surface area contributed by atoms with Crippen molar-refractivity contribution in [3.63, 3.8) is 0 Å². The quantitative estimate of drug-likeness (QED) is 0.442. The minimum absolute atomic E-state index is 0.00574. The van der Waals surface area contributed by atoms with Crippen LogP contribution < -0.4 is 9.47 Å². The van der Waals surface area contributed by atoms with Crippen molar-refractivity contribution in [2.45, 2.75) is 19.0 Å². The number of aromatic nitrogens is 4. The van der Waals surface area contributed by atoms with E-state index in [-0.39, 0.29) is 18.5 Å². The molecule has 0 fully saturated rings. The van der Waals surface area contributed by atoms with E-state index in [4.69, 9.17) is 9.47 Å². The third kappa shape index (κ3) is 4.10. The van der Waals surface area contributed by atoms with Crippen molar-refractivity contribution in [2.75, 3.05) is 20.8 Å². The molecule has 1 unspecified atom stereocenters. The molecule has 34 heavy (non-hydrogen) atoms. The van der Waals surface area contributed by atoms with Crippen LogP contribution in [-0.2, 0) is 17.8 Å². The van der Waals surface area contributed by atoms with Crippen LogP contribution in [0.25, 0.3) is 11.4 Å². The van der Waals surface area contributed by atoms with Crippen molar-refractivity contribution in [3.05, 3.63) is 89.5 Å². The van der Waals surface area contributed by atoms with Crippen LogP contribution >= 0.6 is 0 Å². The topological polar surface area (TPSA) is 82.4 Å². The summed E-state index contributed by atoms with van der Waals surface area (Å²) in [5, 5.41) is 12.6. The second-order valence-electron chi connectivity index (χ2n) is 8.07. The Labute approximate surface area is 197 Å². The number of carbonyl (C=O) groups is 1. The van der Waals surface area contributed by atoms with Crippen LogP contribution in [0.3, 0.4) is 0 Å². The van der Waals surface area contributed by atoms with Gasteiger partial charge in [0.2, 0.25) is 11.7 Å². The molecular weight excluding hydrogens is 430 g/mol. The van der Waals surface area contributed by atoms with Gasteiger partial charge in [-0.2, -0.15) is 4.80 Å². The van der Waals surface area contributed by atoms with Crippen LogP contribution in [0.2, 0.25) is 0 Å². The molecule has 0 spiro atoms. The second kappa shape index (κ2) is 9.35. The average Bonchev–Trinajstić information content (AvgIpc) is 3.36. The second-order valence-corrected chi connectivity index (χ2v) is 8.07. The summed E-state index contributed by atoms with van der Waals surface area (Å²) >= 11 is 0. The first-order valence-corrected chi connectivity index (χ1v) is 11.1. The summed E-state index contributed by atoms with van der Waals surface area (Å²) in [6, 6.07) is 23.3. The first-order chi connectivity index (χ1) is 16.7. The summed E-state index contributed by atoms with van der Waals surface area (Å²) < 4.78 is 11.1. The summed E-state index contributed by atoms with van der Waals surface area (Å²) in [7, 11) is 3.25. The molecule has 2 heterocycles. The van der Waals surface area contributed by atoms with Gasteiger partial charge in [-0.05, 0) is 40.5 Å². The van der Waals surface area contributed by atoms with Crippen molar-refractivity contribution in [2.24, 2.45) is 0 Å². The van der Waals surface area contributed by atoms with Gasteiger partial charge in [0, 0.05) is 12.1 Å². The monoisotopic (exact) mass is 455 g/mol. The highest BCUT2D eigenvalue weighted by Crippen LogP contribution is 2.41. The van der Waals surface area contributed by atoms with Gasteiger partial charge in [-0.25, -0.2) is 0 Å². The standard InChI is InChI=1S/C26H25N5O3/c1-33-22-15-20-13-14-30(25(18-9-5-3-6-10-18)21(20)16-23(22)34-2)24(32)17-31-28-26(27-29-31)19-11-7-4-8-12-19/h3-12,15-16,25H,13-14,17H2,1-2H3. The molecular formula is C26H25N5O3. The molecule has 8 heteroatoms. The number of ether oxygens (including phenoxy) is 2. The average molecular weight is 456 g/mol. The molecule has 0 N–H and O–H groups in total. The lowest BCUT2D eigenvalue weighted by Gasteiger charge is -2.38. The van der Waals surface area contributed by atoms with Gasteiger partial charge in [0.1, 0.15) is 6.54 Å². The molecule has 0 aliphatic carbocycles. The Morgan fingerprint density at radius 3 is 2.35 bits per heavy atom. The van der Waals surface area contributed by atoms with Crippen LogP contribution in [0.4, 0.5) is 0 Å². The summed E-state index contributed by atoms with van der Waals surface area (Å²) in [4.78, 5) is 16.8. The van der Waals surface area contributed by atoms with Crippen LogP contribution in [0.1, 0.15) is 22.7 Å². The van der Waals surface area contributed by atoms with Gasteiger partial charge in [0.25, 0.3) is 0 Å². The van der Waals surface area contributed by atoms with E-state index in [9.17, 15) is 4.79 Å². The van der Waals surface area contributed by atoms with Crippen LogP contribution in [0.15, 0.2) is 72.8 Å². The summed E-state index contributed by atoms with van der Waals surface area (Å²) in [6.07, 6.45) is 0.713. The largest absolute Gasteiger partial charge is 0.493 e. The van der Waals surface area contributed by atoms with Gasteiger partial charge in [-0.1, -0.05) is 60.7 Å². The number of benzene rings is 3. The fraction of sp³-hybridized carbons (Fsp3) is 0.231. The van der Waals surface area contributed by atoms with Crippen molar-refractivity contribution in [3.8, 4) is 22.9 Å². The predicted octanol–water partition coefficient (Wildman–Crippen LogP) is 3.53. The molecule has 172 valence electrons. The van der Waals surface area contributed by atoms with Crippen molar-refractivity contribution in [1.82, 2.24) is 25.1 Å². The maximum atomic E-state index is 13.5. The maximum absolute atomic E-state index is 13.5. The van der Waals surface area contributed by atoms with E-state index in [1.54, 1.807) is 14.2 Å². The number of hydrogen-bond acceptors (Lipinski definition) is 6. The zero-order valence-electron chi connectivity index (χ0n) is 19.1. The third-order valence-corrected chi connectivity index (χ3v) is 6.07. The van der Waals surface area contributed by atoms with Gasteiger partial charge in [-0.15, -0.1) is 10.2 Å². The number of tetrazole rings is 1. The van der Waals surface area contributed by atoms with E-state index in [0.717, 1.165) is 22.3 Å². The van der Waals surface area contributed by atoms with Gasteiger partial charge in [0.15, 0.2) is 11.5 Å². The molecule has 0 radical (unpaired) electrons. The van der Waals surface area contributed by atoms with Crippen LogP contribution in [0.5, 0.6) is 11.5 Å². The van der Waals surface area contributed by atoms with E-state index in [2.05, 4.69) is 15.4 Å². The van der Waals surface area contributed by atoms with Crippen molar-refractivity contribution >= 4 is 5.91 Å². The first-order valence-electron chi connectivity index (χ1n) is 11.1. The molecule has 0 bridgehead atoms. The molecule has 5 rings (SSSR count). The van der Waals surface area contributed by atoms with Gasteiger partial charge < -0.3 is 14.4 Å². The number of nitrogens with zero attached hydrogens (tertiary/aromatic N) is 5. The molecule has 1 aliphatic rings. The summed E-state index contributed by atoms with van der Waals surface area (Å²) in [5.74, 6) is 1.75. The molecule has 3 aromatic carbocycles. The van der Waals surface area contributed by atoms with E-state index < -0.39 is 0 Å². The summed E-state index contributed by atoms with van der Waals surface area (Å²) in [6.45, 7) is 0.576. The van der Waals surface area contributed by atoms with Gasteiger partial charge >= 0.3 is 0 Å². The lowest BCUT2D eigenvalue weighted by atomic mass is 9.87. The fourth-order valence-corrected chi connectivity index (χ4v) is 4.43. The Kier molecular flexibility index (Phi) is 5.95. The number of methoxy groups -OCH3 is 2. The van der Waals surface area contributed by atoms with Gasteiger partial charge in [-0.3, -0.25) is 4.79 Å². The van der Waals surface area contributed by atoms with Crippen molar-refractivity contribution in [1.29, 1.82) is 0 Å². The Hall–Kier alpha value is -4.20. The lowest BCUT2D eigenvalue weighted by Crippen LogP contribution is -2.42. The van der Waals surface area contributed by atoms with Crippen LogP contribution in [0, 0.1) is 0 Å². The normalized spacial score (nSPS) is 15.0. The highest BCUT2D eigenvalue weighted by molar-refractivity contribution is 5.77. The van der Waals surface area contributed by atoms with E-state index in [0.29, 0.717) is 30.3 Å². The predicted molar refractivity (Wildman–Crippen MR) is 127 cm³/mol. The highest BCUT2D eigenvalue weighted by Gasteiger charge is 2.33. The SMILES string of the molecule is COc1cc2c(cc1OC)C(c1ccccc1)N(C(=O)Cn1nnc(-c3ccccc3)n1)CC2. The summed E-state index contributed by atoms with van der Waals surface area (Å²) in [5.41, 5.74) is 4.05. The minimum atomic E-state index is -0.255.